The molecule has 3 aromatic rings. The van der Waals surface area contributed by atoms with Gasteiger partial charge in [-0.15, -0.1) is 0 Å². The van der Waals surface area contributed by atoms with Crippen molar-refractivity contribution >= 4 is 27.5 Å². The van der Waals surface area contributed by atoms with Crippen LogP contribution in [0, 0.1) is 5.82 Å². The number of nitrogens with one attached hydrogen (secondary N) is 1. The molecule has 0 radical (unpaired) electrons. The Hall–Kier alpha value is -3.92. The topological polar surface area (TPSA) is 96.0 Å². The van der Waals surface area contributed by atoms with Crippen molar-refractivity contribution in [2.45, 2.75) is 37.8 Å². The van der Waals surface area contributed by atoms with E-state index in [-0.39, 0.29) is 22.7 Å². The van der Waals surface area contributed by atoms with Crippen molar-refractivity contribution in [3.8, 4) is 5.75 Å². The van der Waals surface area contributed by atoms with Crippen LogP contribution in [-0.2, 0) is 26.2 Å². The Morgan fingerprint density at radius 1 is 1.00 bits per heavy atom. The summed E-state index contributed by atoms with van der Waals surface area (Å²) in [7, 11) is -2.74. The third-order valence-electron chi connectivity index (χ3n) is 5.97. The Labute approximate surface area is 223 Å². The number of carbonyl (C=O) groups excluding carboxylic acids is 2. The highest BCUT2D eigenvalue weighted by molar-refractivity contribution is 7.92. The van der Waals surface area contributed by atoms with E-state index in [0.717, 1.165) is 4.31 Å². The molecule has 0 fully saturated rings. The van der Waals surface area contributed by atoms with Crippen molar-refractivity contribution in [1.82, 2.24) is 10.2 Å². The molecule has 0 saturated carbocycles. The van der Waals surface area contributed by atoms with Crippen molar-refractivity contribution in [1.29, 1.82) is 0 Å². The first-order valence-corrected chi connectivity index (χ1v) is 13.7. The molecule has 3 aromatic carbocycles. The summed E-state index contributed by atoms with van der Waals surface area (Å²) in [6.07, 6.45) is 0.693. The summed E-state index contributed by atoms with van der Waals surface area (Å²) in [6, 6.07) is 19.0. The van der Waals surface area contributed by atoms with Gasteiger partial charge < -0.3 is 15.0 Å². The predicted octanol–water partition coefficient (Wildman–Crippen LogP) is 3.97. The number of methoxy groups -OCH3 is 1. The van der Waals surface area contributed by atoms with Gasteiger partial charge in [0.2, 0.25) is 11.8 Å². The summed E-state index contributed by atoms with van der Waals surface area (Å²) in [4.78, 5) is 27.8. The molecule has 10 heteroatoms. The molecule has 0 aliphatic carbocycles. The summed E-state index contributed by atoms with van der Waals surface area (Å²) < 4.78 is 48.2. The first-order valence-electron chi connectivity index (χ1n) is 12.2. The van der Waals surface area contributed by atoms with Gasteiger partial charge in [0.25, 0.3) is 10.0 Å². The van der Waals surface area contributed by atoms with Crippen LogP contribution >= 0.6 is 0 Å². The minimum absolute atomic E-state index is 0.00925. The number of sulfonamides is 1. The van der Waals surface area contributed by atoms with Crippen molar-refractivity contribution in [3.05, 3.63) is 90.2 Å². The van der Waals surface area contributed by atoms with Crippen LogP contribution in [0.15, 0.2) is 83.8 Å². The summed E-state index contributed by atoms with van der Waals surface area (Å²) in [5, 5.41) is 2.75. The molecule has 3 rings (SSSR count). The largest absolute Gasteiger partial charge is 0.497 e. The quantitative estimate of drug-likeness (QED) is 0.374. The van der Waals surface area contributed by atoms with Gasteiger partial charge in [-0.05, 0) is 43.7 Å². The standard InChI is InChI=1S/C28H32FN3O5S/c1-4-17-30-28(34)21(2)31(19-22-11-8-9-16-26(22)29)27(33)20-32(23-12-10-13-24(18-23)37-3)38(35,36)25-14-6-5-7-15-25/h5-16,18,21H,4,17,19-20H2,1-3H3,(H,30,34)/t21-/m0/s1. The van der Waals surface area contributed by atoms with E-state index in [9.17, 15) is 22.4 Å². The zero-order valence-corrected chi connectivity index (χ0v) is 22.4. The van der Waals surface area contributed by atoms with Gasteiger partial charge in [-0.25, -0.2) is 12.8 Å². The molecule has 0 spiro atoms. The van der Waals surface area contributed by atoms with Crippen molar-refractivity contribution in [2.75, 3.05) is 24.5 Å². The highest BCUT2D eigenvalue weighted by Crippen LogP contribution is 2.27. The normalized spacial score (nSPS) is 11.9. The molecule has 0 unspecified atom stereocenters. The Morgan fingerprint density at radius 2 is 1.68 bits per heavy atom. The molecule has 0 aliphatic heterocycles. The van der Waals surface area contributed by atoms with Crippen LogP contribution < -0.4 is 14.4 Å². The zero-order chi connectivity index (χ0) is 27.7. The van der Waals surface area contributed by atoms with Crippen LogP contribution in [0.4, 0.5) is 10.1 Å². The third-order valence-corrected chi connectivity index (χ3v) is 7.75. The van der Waals surface area contributed by atoms with Crippen LogP contribution in [0.3, 0.4) is 0 Å². The first-order chi connectivity index (χ1) is 18.2. The van der Waals surface area contributed by atoms with Crippen LogP contribution in [-0.4, -0.2) is 51.4 Å². The second kappa shape index (κ2) is 13.0. The lowest BCUT2D eigenvalue weighted by Gasteiger charge is -2.32. The van der Waals surface area contributed by atoms with Gasteiger partial charge in [-0.2, -0.15) is 0 Å². The number of anilines is 1. The fraction of sp³-hybridized carbons (Fsp3) is 0.286. The van der Waals surface area contributed by atoms with E-state index in [2.05, 4.69) is 5.32 Å². The summed E-state index contributed by atoms with van der Waals surface area (Å²) >= 11 is 0. The van der Waals surface area contributed by atoms with Gasteiger partial charge in [0.1, 0.15) is 24.2 Å². The van der Waals surface area contributed by atoms with E-state index in [1.165, 1.54) is 55.3 Å². The maximum absolute atomic E-state index is 14.5. The Balaban J connectivity index is 2.03. The smallest absolute Gasteiger partial charge is 0.264 e. The Bertz CT molecular complexity index is 1350. The van der Waals surface area contributed by atoms with Crippen molar-refractivity contribution in [3.63, 3.8) is 0 Å². The zero-order valence-electron chi connectivity index (χ0n) is 21.6. The molecule has 1 N–H and O–H groups in total. The summed E-state index contributed by atoms with van der Waals surface area (Å²) in [5.74, 6) is -1.23. The number of nitrogens with zero attached hydrogens (tertiary/aromatic N) is 2. The van der Waals surface area contributed by atoms with Gasteiger partial charge in [0, 0.05) is 24.7 Å². The Kier molecular flexibility index (Phi) is 9.84. The highest BCUT2D eigenvalue weighted by Gasteiger charge is 2.32. The van der Waals surface area contributed by atoms with Crippen LogP contribution in [0.1, 0.15) is 25.8 Å². The molecule has 38 heavy (non-hydrogen) atoms. The van der Waals surface area contributed by atoms with Crippen LogP contribution in [0.2, 0.25) is 0 Å². The average molecular weight is 542 g/mol. The van der Waals surface area contributed by atoms with Gasteiger partial charge >= 0.3 is 0 Å². The van der Waals surface area contributed by atoms with Crippen LogP contribution in [0.5, 0.6) is 5.75 Å². The Morgan fingerprint density at radius 3 is 2.34 bits per heavy atom. The minimum Gasteiger partial charge on any atom is -0.497 e. The molecular formula is C28H32FN3O5S. The number of rotatable bonds is 12. The molecule has 0 saturated heterocycles. The van der Waals surface area contributed by atoms with Crippen molar-refractivity contribution in [2.24, 2.45) is 0 Å². The number of benzene rings is 3. The molecule has 1 atom stereocenters. The van der Waals surface area contributed by atoms with Gasteiger partial charge in [0.05, 0.1) is 17.7 Å². The molecule has 202 valence electrons. The average Bonchev–Trinajstić information content (AvgIpc) is 2.94. The fourth-order valence-corrected chi connectivity index (χ4v) is 5.23. The van der Waals surface area contributed by atoms with Gasteiger partial charge in [-0.1, -0.05) is 49.4 Å². The van der Waals surface area contributed by atoms with Gasteiger partial charge in [0.15, 0.2) is 0 Å². The lowest BCUT2D eigenvalue weighted by Crippen LogP contribution is -2.51. The van der Waals surface area contributed by atoms with E-state index in [4.69, 9.17) is 4.74 Å². The number of ether oxygens (including phenoxy) is 1. The molecule has 0 heterocycles. The summed E-state index contributed by atoms with van der Waals surface area (Å²) in [6.45, 7) is 3.00. The predicted molar refractivity (Wildman–Crippen MR) is 144 cm³/mol. The molecular weight excluding hydrogens is 509 g/mol. The van der Waals surface area contributed by atoms with Crippen LogP contribution in [0.25, 0.3) is 0 Å². The maximum Gasteiger partial charge on any atom is 0.264 e. The summed E-state index contributed by atoms with van der Waals surface area (Å²) in [5.41, 5.74) is 0.408. The number of hydrogen-bond donors (Lipinski definition) is 1. The SMILES string of the molecule is CCCNC(=O)[C@H](C)N(Cc1ccccc1F)C(=O)CN(c1cccc(OC)c1)S(=O)(=O)c1ccccc1. The molecule has 0 aliphatic rings. The second-order valence-corrected chi connectivity index (χ2v) is 10.5. The maximum atomic E-state index is 14.5. The fourth-order valence-electron chi connectivity index (χ4n) is 3.80. The minimum atomic E-state index is -4.19. The van der Waals surface area contributed by atoms with E-state index < -0.39 is 40.2 Å². The van der Waals surface area contributed by atoms with E-state index in [0.29, 0.717) is 18.7 Å². The van der Waals surface area contributed by atoms with E-state index >= 15 is 0 Å². The first kappa shape index (κ1) is 28.6. The lowest BCUT2D eigenvalue weighted by molar-refractivity contribution is -0.139. The van der Waals surface area contributed by atoms with E-state index in [1.807, 2.05) is 6.92 Å². The number of carbonyl (C=O) groups is 2. The number of amides is 2. The molecule has 2 amide bonds. The molecule has 0 bridgehead atoms. The molecule has 0 aromatic heterocycles. The highest BCUT2D eigenvalue weighted by atomic mass is 32.2. The number of halogens is 1. The van der Waals surface area contributed by atoms with Crippen molar-refractivity contribution < 1.29 is 27.1 Å². The molecule has 8 nitrogen and oxygen atoms in total. The van der Waals surface area contributed by atoms with E-state index in [1.54, 1.807) is 42.5 Å². The number of hydrogen-bond acceptors (Lipinski definition) is 5. The second-order valence-electron chi connectivity index (χ2n) is 8.61. The lowest BCUT2D eigenvalue weighted by atomic mass is 10.1. The monoisotopic (exact) mass is 541 g/mol. The third kappa shape index (κ3) is 6.89. The van der Waals surface area contributed by atoms with Gasteiger partial charge in [-0.3, -0.25) is 13.9 Å².